The van der Waals surface area contributed by atoms with Crippen LogP contribution < -0.4 is 4.90 Å². The topological polar surface area (TPSA) is 29.5 Å². The first-order chi connectivity index (χ1) is 8.83. The third-order valence-electron chi connectivity index (χ3n) is 2.55. The first-order valence-corrected chi connectivity index (χ1v) is 5.75. The number of para-hydroxylation sites is 2. The van der Waals surface area contributed by atoms with E-state index in [1.807, 2.05) is 60.7 Å². The van der Waals surface area contributed by atoms with Crippen LogP contribution in [-0.4, -0.2) is 19.6 Å². The summed E-state index contributed by atoms with van der Waals surface area (Å²) in [6, 6.07) is 19.1. The van der Waals surface area contributed by atoms with Crippen molar-refractivity contribution in [1.29, 1.82) is 0 Å². The molecule has 0 heterocycles. The molecule has 18 heavy (non-hydrogen) atoms. The maximum atomic E-state index is 12.1. The molecule has 0 aliphatic rings. The Morgan fingerprint density at radius 3 is 1.78 bits per heavy atom. The highest BCUT2D eigenvalue weighted by atomic mass is 16.5. The Bertz CT molecular complexity index is 457. The minimum absolute atomic E-state index is 0.0593. The Balaban J connectivity index is 2.38. The molecule has 0 N–H and O–H groups in total. The molecule has 0 fully saturated rings. The predicted molar refractivity (Wildman–Crippen MR) is 71.9 cm³/mol. The number of amides is 1. The third-order valence-corrected chi connectivity index (χ3v) is 2.55. The van der Waals surface area contributed by atoms with E-state index in [1.54, 1.807) is 4.90 Å². The van der Waals surface area contributed by atoms with Gasteiger partial charge in [0.05, 0.1) is 0 Å². The molecule has 0 aliphatic heterocycles. The second kappa shape index (κ2) is 5.98. The van der Waals surface area contributed by atoms with E-state index in [1.165, 1.54) is 7.11 Å². The summed E-state index contributed by atoms with van der Waals surface area (Å²) < 4.78 is 4.94. The van der Waals surface area contributed by atoms with Crippen LogP contribution in [0.1, 0.15) is 0 Å². The van der Waals surface area contributed by atoms with Crippen molar-refractivity contribution in [2.75, 3.05) is 18.6 Å². The zero-order valence-electron chi connectivity index (χ0n) is 10.2. The van der Waals surface area contributed by atoms with Gasteiger partial charge in [-0.25, -0.2) is 0 Å². The molecule has 0 spiro atoms. The van der Waals surface area contributed by atoms with Crippen LogP contribution in [-0.2, 0) is 9.53 Å². The van der Waals surface area contributed by atoms with E-state index < -0.39 is 0 Å². The van der Waals surface area contributed by atoms with E-state index >= 15 is 0 Å². The number of hydrogen-bond donors (Lipinski definition) is 0. The zero-order chi connectivity index (χ0) is 12.8. The van der Waals surface area contributed by atoms with Gasteiger partial charge in [-0.05, 0) is 24.3 Å². The molecular weight excluding hydrogens is 226 g/mol. The van der Waals surface area contributed by atoms with Crippen LogP contribution >= 0.6 is 0 Å². The third kappa shape index (κ3) is 2.76. The molecule has 0 bridgehead atoms. The Morgan fingerprint density at radius 1 is 0.944 bits per heavy atom. The normalized spacial score (nSPS) is 10.1. The number of methoxy groups -OCH3 is 1. The van der Waals surface area contributed by atoms with Gasteiger partial charge in [-0.1, -0.05) is 36.4 Å². The Morgan fingerprint density at radius 2 is 1.39 bits per heavy atom. The van der Waals surface area contributed by atoms with Crippen LogP contribution in [0.15, 0.2) is 60.7 Å². The van der Waals surface area contributed by atoms with Gasteiger partial charge in [0.25, 0.3) is 5.91 Å². The van der Waals surface area contributed by atoms with Crippen LogP contribution in [0.4, 0.5) is 11.4 Å². The lowest BCUT2D eigenvalue weighted by Gasteiger charge is -2.22. The summed E-state index contributed by atoms with van der Waals surface area (Å²) in [5.74, 6) is -0.0881. The summed E-state index contributed by atoms with van der Waals surface area (Å²) in [5, 5.41) is 0. The lowest BCUT2D eigenvalue weighted by Crippen LogP contribution is -2.29. The van der Waals surface area contributed by atoms with Gasteiger partial charge in [0.15, 0.2) is 0 Å². The maximum Gasteiger partial charge on any atom is 0.257 e. The van der Waals surface area contributed by atoms with Gasteiger partial charge >= 0.3 is 0 Å². The molecule has 3 nitrogen and oxygen atoms in total. The van der Waals surface area contributed by atoms with Gasteiger partial charge in [0, 0.05) is 18.5 Å². The summed E-state index contributed by atoms with van der Waals surface area (Å²) >= 11 is 0. The second-order valence-corrected chi connectivity index (χ2v) is 3.83. The number of benzene rings is 2. The fourth-order valence-corrected chi connectivity index (χ4v) is 1.78. The van der Waals surface area contributed by atoms with E-state index in [4.69, 9.17) is 4.74 Å². The number of hydrogen-bond acceptors (Lipinski definition) is 2. The summed E-state index contributed by atoms with van der Waals surface area (Å²) in [6.45, 7) is 0.0593. The van der Waals surface area contributed by atoms with Crippen molar-refractivity contribution in [1.82, 2.24) is 0 Å². The van der Waals surface area contributed by atoms with Crippen molar-refractivity contribution in [3.63, 3.8) is 0 Å². The lowest BCUT2D eigenvalue weighted by atomic mass is 10.2. The average Bonchev–Trinajstić information content (AvgIpc) is 2.42. The first-order valence-electron chi connectivity index (χ1n) is 5.75. The van der Waals surface area contributed by atoms with E-state index in [-0.39, 0.29) is 12.5 Å². The van der Waals surface area contributed by atoms with E-state index in [0.29, 0.717) is 0 Å². The molecule has 2 aromatic carbocycles. The molecule has 92 valence electrons. The molecule has 2 aromatic rings. The minimum atomic E-state index is -0.0881. The SMILES string of the molecule is COCC(=O)N(c1ccccc1)c1ccccc1. The number of carbonyl (C=O) groups excluding carboxylic acids is 1. The monoisotopic (exact) mass is 241 g/mol. The van der Waals surface area contributed by atoms with E-state index in [9.17, 15) is 4.79 Å². The van der Waals surface area contributed by atoms with Gasteiger partial charge in [-0.15, -0.1) is 0 Å². The minimum Gasteiger partial charge on any atom is -0.375 e. The number of rotatable bonds is 4. The van der Waals surface area contributed by atoms with Crippen molar-refractivity contribution in [2.24, 2.45) is 0 Å². The molecule has 0 unspecified atom stereocenters. The molecule has 0 saturated heterocycles. The van der Waals surface area contributed by atoms with Crippen LogP contribution in [0.3, 0.4) is 0 Å². The highest BCUT2D eigenvalue weighted by Crippen LogP contribution is 2.24. The molecule has 0 aromatic heterocycles. The summed E-state index contributed by atoms with van der Waals surface area (Å²) in [7, 11) is 1.52. The Hall–Kier alpha value is -2.13. The maximum absolute atomic E-state index is 12.1. The number of anilines is 2. The van der Waals surface area contributed by atoms with Crippen molar-refractivity contribution in [2.45, 2.75) is 0 Å². The van der Waals surface area contributed by atoms with Gasteiger partial charge < -0.3 is 4.74 Å². The fourth-order valence-electron chi connectivity index (χ4n) is 1.78. The Labute approximate surface area is 107 Å². The van der Waals surface area contributed by atoms with Crippen LogP contribution in [0, 0.1) is 0 Å². The van der Waals surface area contributed by atoms with Gasteiger partial charge in [-0.2, -0.15) is 0 Å². The standard InChI is InChI=1S/C15H15NO2/c1-18-12-15(17)16(13-8-4-2-5-9-13)14-10-6-3-7-11-14/h2-11H,12H2,1H3. The number of ether oxygens (including phenoxy) is 1. The summed E-state index contributed by atoms with van der Waals surface area (Å²) in [5.41, 5.74) is 1.68. The number of nitrogens with zero attached hydrogens (tertiary/aromatic N) is 1. The van der Waals surface area contributed by atoms with Crippen molar-refractivity contribution >= 4 is 17.3 Å². The summed E-state index contributed by atoms with van der Waals surface area (Å²) in [4.78, 5) is 13.8. The van der Waals surface area contributed by atoms with Crippen LogP contribution in [0.25, 0.3) is 0 Å². The smallest absolute Gasteiger partial charge is 0.257 e. The predicted octanol–water partition coefficient (Wildman–Crippen LogP) is 3.00. The molecule has 0 saturated carbocycles. The van der Waals surface area contributed by atoms with Crippen molar-refractivity contribution in [3.8, 4) is 0 Å². The van der Waals surface area contributed by atoms with E-state index in [0.717, 1.165) is 11.4 Å². The van der Waals surface area contributed by atoms with Gasteiger partial charge in [0.2, 0.25) is 0 Å². The van der Waals surface area contributed by atoms with Crippen molar-refractivity contribution < 1.29 is 9.53 Å². The summed E-state index contributed by atoms with van der Waals surface area (Å²) in [6.07, 6.45) is 0. The quantitative estimate of drug-likeness (QED) is 0.823. The fraction of sp³-hybridized carbons (Fsp3) is 0.133. The highest BCUT2D eigenvalue weighted by Gasteiger charge is 2.16. The molecule has 0 atom stereocenters. The lowest BCUT2D eigenvalue weighted by molar-refractivity contribution is -0.121. The molecular formula is C15H15NO2. The van der Waals surface area contributed by atoms with Gasteiger partial charge in [0.1, 0.15) is 6.61 Å². The average molecular weight is 241 g/mol. The van der Waals surface area contributed by atoms with E-state index in [2.05, 4.69) is 0 Å². The molecule has 2 rings (SSSR count). The molecule has 0 radical (unpaired) electrons. The first kappa shape index (κ1) is 12.3. The van der Waals surface area contributed by atoms with Gasteiger partial charge in [-0.3, -0.25) is 9.69 Å². The second-order valence-electron chi connectivity index (χ2n) is 3.83. The van der Waals surface area contributed by atoms with Crippen molar-refractivity contribution in [3.05, 3.63) is 60.7 Å². The zero-order valence-corrected chi connectivity index (χ0v) is 10.2. The largest absolute Gasteiger partial charge is 0.375 e. The van der Waals surface area contributed by atoms with Crippen LogP contribution in [0.2, 0.25) is 0 Å². The van der Waals surface area contributed by atoms with Crippen LogP contribution in [0.5, 0.6) is 0 Å². The molecule has 1 amide bonds. The molecule has 3 heteroatoms. The molecule has 0 aliphatic carbocycles. The highest BCUT2D eigenvalue weighted by molar-refractivity contribution is 6.01. The number of carbonyl (C=O) groups is 1. The Kier molecular flexibility index (Phi) is 4.10.